The van der Waals surface area contributed by atoms with Gasteiger partial charge in [-0.3, -0.25) is 0 Å². The van der Waals surface area contributed by atoms with E-state index < -0.39 is 0 Å². The van der Waals surface area contributed by atoms with Gasteiger partial charge in [0.2, 0.25) is 0 Å². The third-order valence-electron chi connectivity index (χ3n) is 6.32. The first-order valence-electron chi connectivity index (χ1n) is 11.9. The molecule has 0 unspecified atom stereocenters. The lowest BCUT2D eigenvalue weighted by Crippen LogP contribution is -2.12. The maximum atomic E-state index is 13.8. The molecule has 40 heavy (non-hydrogen) atoms. The molecule has 0 saturated heterocycles. The van der Waals surface area contributed by atoms with Crippen LogP contribution >= 0.6 is 55.1 Å². The van der Waals surface area contributed by atoms with E-state index in [0.29, 0.717) is 44.3 Å². The van der Waals surface area contributed by atoms with Gasteiger partial charge in [0.15, 0.2) is 6.73 Å². The number of halogens is 6. The number of ether oxygens (including phenoxy) is 1. The van der Waals surface area contributed by atoms with Crippen molar-refractivity contribution in [1.82, 2.24) is 9.55 Å². The summed E-state index contributed by atoms with van der Waals surface area (Å²) in [6.07, 6.45) is 0. The maximum absolute atomic E-state index is 13.8. The molecular weight excluding hydrogens is 689 g/mol. The zero-order valence-corrected chi connectivity index (χ0v) is 25.3. The van der Waals surface area contributed by atoms with Crippen molar-refractivity contribution in [2.75, 3.05) is 4.24 Å². The van der Waals surface area contributed by atoms with Crippen LogP contribution in [0.15, 0.2) is 84.9 Å². The van der Waals surface area contributed by atoms with Gasteiger partial charge in [-0.1, -0.05) is 67.2 Å². The van der Waals surface area contributed by atoms with Gasteiger partial charge in [-0.25, -0.2) is 8.78 Å². The number of fused-ring (bicyclic) bond motifs is 6. The number of aromatic hydroxyl groups is 1. The molecule has 4 nitrogen and oxygen atoms in total. The van der Waals surface area contributed by atoms with Crippen molar-refractivity contribution in [3.05, 3.63) is 107 Å². The summed E-state index contributed by atoms with van der Waals surface area (Å²) in [6, 6.07) is 23.6. The Balaban J connectivity index is 0.000000147. The summed E-state index contributed by atoms with van der Waals surface area (Å²) in [7, 11) is 0. The molecule has 1 aliphatic rings. The number of hydrogen-bond acceptors (Lipinski definition) is 2. The normalized spacial score (nSPS) is 11.6. The van der Waals surface area contributed by atoms with Crippen LogP contribution in [0.25, 0.3) is 44.3 Å². The van der Waals surface area contributed by atoms with Gasteiger partial charge in [0.05, 0.1) is 21.1 Å². The quantitative estimate of drug-likeness (QED) is 0.167. The largest absolute Gasteiger partial charge is 0.507 e. The molecule has 7 rings (SSSR count). The summed E-state index contributed by atoms with van der Waals surface area (Å²) in [4.78, 5) is 3.06. The number of alkyl halides is 2. The first-order valence-corrected chi connectivity index (χ1v) is 14.9. The molecule has 204 valence electrons. The van der Waals surface area contributed by atoms with Gasteiger partial charge in [0.1, 0.15) is 23.1 Å². The van der Waals surface area contributed by atoms with Crippen LogP contribution in [-0.4, -0.2) is 18.9 Å². The van der Waals surface area contributed by atoms with E-state index in [0.717, 1.165) is 26.8 Å². The van der Waals surface area contributed by atoms with Crippen LogP contribution in [0.1, 0.15) is 0 Å². The summed E-state index contributed by atoms with van der Waals surface area (Å²) in [5.74, 6) is 0.367. The summed E-state index contributed by atoms with van der Waals surface area (Å²) in [5, 5.41) is 12.1. The van der Waals surface area contributed by atoms with E-state index in [1.807, 2.05) is 28.8 Å². The van der Waals surface area contributed by atoms with E-state index >= 15 is 0 Å². The number of phenols is 1. The van der Waals surface area contributed by atoms with Gasteiger partial charge in [-0.2, -0.15) is 0 Å². The molecule has 0 radical (unpaired) electrons. The number of phenolic OH excluding ortho intramolecular Hbond substituents is 1. The van der Waals surface area contributed by atoms with Gasteiger partial charge in [0, 0.05) is 37.5 Å². The Bertz CT molecular complexity index is 1840. The van der Waals surface area contributed by atoms with Gasteiger partial charge < -0.3 is 19.4 Å². The second-order valence-corrected chi connectivity index (χ2v) is 12.2. The Kier molecular flexibility index (Phi) is 8.71. The highest BCUT2D eigenvalue weighted by atomic mass is 79.9. The fourth-order valence-corrected chi connectivity index (χ4v) is 4.90. The van der Waals surface area contributed by atoms with E-state index in [1.165, 1.54) is 18.2 Å². The second-order valence-electron chi connectivity index (χ2n) is 8.69. The molecule has 10 heteroatoms. The third kappa shape index (κ3) is 5.72. The van der Waals surface area contributed by atoms with Crippen molar-refractivity contribution in [2.45, 2.75) is 6.73 Å². The van der Waals surface area contributed by atoms with Crippen molar-refractivity contribution in [3.63, 3.8) is 0 Å². The highest BCUT2D eigenvalue weighted by Gasteiger charge is 2.21. The number of aromatic amines is 1. The zero-order chi connectivity index (χ0) is 28.4. The molecule has 0 aliphatic carbocycles. The number of rotatable bonds is 1. The van der Waals surface area contributed by atoms with Crippen molar-refractivity contribution in [1.29, 1.82) is 0 Å². The predicted molar refractivity (Wildman–Crippen MR) is 166 cm³/mol. The number of aromatic nitrogens is 2. The van der Waals surface area contributed by atoms with Gasteiger partial charge in [-0.05, 0) is 72.8 Å². The molecule has 0 saturated carbocycles. The van der Waals surface area contributed by atoms with Crippen LogP contribution in [-0.2, 0) is 6.73 Å². The molecular formula is C30H20Br2Cl2F2N2O2. The summed E-state index contributed by atoms with van der Waals surface area (Å²) < 4.78 is 36.0. The lowest BCUT2D eigenvalue weighted by molar-refractivity contribution is 0.235. The number of nitrogens with zero attached hydrogens (tertiary/aromatic N) is 1. The van der Waals surface area contributed by atoms with Crippen LogP contribution in [0.3, 0.4) is 0 Å². The monoisotopic (exact) mass is 706 g/mol. The maximum Gasteiger partial charge on any atom is 0.165 e. The minimum absolute atomic E-state index is 0.103. The molecule has 6 aromatic rings. The van der Waals surface area contributed by atoms with Crippen LogP contribution in [0.2, 0.25) is 10.0 Å². The Morgan fingerprint density at radius 2 is 1.48 bits per heavy atom. The fraction of sp³-hybridized carbons (Fsp3) is 0.0667. The zero-order valence-electron chi connectivity index (χ0n) is 20.6. The average molecular weight is 709 g/mol. The van der Waals surface area contributed by atoms with Gasteiger partial charge in [-0.15, -0.1) is 0 Å². The van der Waals surface area contributed by atoms with Crippen LogP contribution in [0.4, 0.5) is 8.78 Å². The summed E-state index contributed by atoms with van der Waals surface area (Å²) in [6.45, 7) is 0.386. The smallest absolute Gasteiger partial charge is 0.165 e. The van der Waals surface area contributed by atoms with Gasteiger partial charge >= 0.3 is 0 Å². The average Bonchev–Trinajstić information content (AvgIpc) is 3.55. The molecule has 0 spiro atoms. The minimum Gasteiger partial charge on any atom is -0.507 e. The lowest BCUT2D eigenvalue weighted by atomic mass is 10.1. The topological polar surface area (TPSA) is 50.2 Å². The second kappa shape index (κ2) is 12.2. The lowest BCUT2D eigenvalue weighted by Gasteiger charge is -2.21. The van der Waals surface area contributed by atoms with Crippen LogP contribution < -0.4 is 4.74 Å². The first-order chi connectivity index (χ1) is 19.3. The minimum atomic E-state index is -0.295. The fourth-order valence-electron chi connectivity index (χ4n) is 4.56. The predicted octanol–water partition coefficient (Wildman–Crippen LogP) is 10.5. The Labute approximate surface area is 255 Å². The molecule has 0 amide bonds. The molecule has 0 fully saturated rings. The first kappa shape index (κ1) is 28.5. The van der Waals surface area contributed by atoms with E-state index in [4.69, 9.17) is 27.9 Å². The van der Waals surface area contributed by atoms with Crippen molar-refractivity contribution in [3.8, 4) is 34.0 Å². The molecule has 0 atom stereocenters. The van der Waals surface area contributed by atoms with E-state index in [-0.39, 0.29) is 17.4 Å². The van der Waals surface area contributed by atoms with E-state index in [2.05, 4.69) is 36.8 Å². The molecule has 3 heterocycles. The standard InChI is InChI=1S/C15H9ClFNO.C14H9ClFNO.CH2Br2/c16-9-4-5-15-11(6-9)14-7-10-12(17)2-1-3-13(10)18(14)8-19-15;15-8-4-5-14(18)10(6-8)13-7-9-11(16)2-1-3-12(9)17-13;2-1-3/h1-7H,8H2;1-7,17-18H;1H2. The van der Waals surface area contributed by atoms with Crippen molar-refractivity contribution >= 4 is 76.9 Å². The molecule has 0 bridgehead atoms. The van der Waals surface area contributed by atoms with Crippen LogP contribution in [0, 0.1) is 11.6 Å². The Hall–Kier alpha value is -3.04. The van der Waals surface area contributed by atoms with E-state index in [9.17, 15) is 13.9 Å². The SMILES string of the molecule is BrCBr.Fc1cccc2c1cc1n2COc2ccc(Cl)cc2-1.Oc1ccc(Cl)cc1-c1cc2c(F)cccc2[nH]1. The Morgan fingerprint density at radius 1 is 0.825 bits per heavy atom. The number of hydrogen-bond donors (Lipinski definition) is 2. The highest BCUT2D eigenvalue weighted by Crippen LogP contribution is 2.40. The van der Waals surface area contributed by atoms with Crippen molar-refractivity contribution in [2.24, 2.45) is 0 Å². The van der Waals surface area contributed by atoms with Crippen molar-refractivity contribution < 1.29 is 18.6 Å². The number of H-pyrrole nitrogens is 1. The van der Waals surface area contributed by atoms with E-state index in [1.54, 1.807) is 42.5 Å². The Morgan fingerprint density at radius 3 is 2.20 bits per heavy atom. The number of benzene rings is 4. The molecule has 2 N–H and O–H groups in total. The summed E-state index contributed by atoms with van der Waals surface area (Å²) in [5.41, 5.74) is 4.54. The number of nitrogens with one attached hydrogen (secondary N) is 1. The molecule has 1 aliphatic heterocycles. The third-order valence-corrected chi connectivity index (χ3v) is 6.79. The summed E-state index contributed by atoms with van der Waals surface area (Å²) >= 11 is 18.1. The molecule has 4 aromatic carbocycles. The van der Waals surface area contributed by atoms with Gasteiger partial charge in [0.25, 0.3) is 0 Å². The highest BCUT2D eigenvalue weighted by molar-refractivity contribution is 9.24. The van der Waals surface area contributed by atoms with Crippen LogP contribution in [0.5, 0.6) is 11.5 Å². The molecule has 2 aromatic heterocycles.